The van der Waals surface area contributed by atoms with Crippen LogP contribution in [0.3, 0.4) is 0 Å². The molecule has 0 bridgehead atoms. The van der Waals surface area contributed by atoms with Gasteiger partial charge < -0.3 is 9.84 Å². The molecule has 180 valence electrons. The van der Waals surface area contributed by atoms with Crippen molar-refractivity contribution in [2.45, 2.75) is 20.8 Å². The van der Waals surface area contributed by atoms with Crippen molar-refractivity contribution in [3.05, 3.63) is 87.0 Å². The number of hydrogen-bond donors (Lipinski definition) is 1. The Morgan fingerprint density at radius 3 is 1.47 bits per heavy atom. The van der Waals surface area contributed by atoms with Gasteiger partial charge in [-0.25, -0.2) is 9.59 Å². The smallest absolute Gasteiger partial charge is 0.352 e. The first kappa shape index (κ1) is 27.0. The second-order valence-electron chi connectivity index (χ2n) is 6.30. The number of carboxylic acids is 1. The number of carbonyl (C=O) groups is 2. The molecule has 0 aliphatic rings. The van der Waals surface area contributed by atoms with Gasteiger partial charge in [0.15, 0.2) is 0 Å². The number of esters is 1. The van der Waals surface area contributed by atoms with Gasteiger partial charge in [0.05, 0.1) is 26.3 Å². The lowest BCUT2D eigenvalue weighted by molar-refractivity contribution is -0.395. The molecule has 34 heavy (non-hydrogen) atoms. The summed E-state index contributed by atoms with van der Waals surface area (Å²) in [6.45, 7) is 4.19. The molecule has 2 rings (SSSR count). The number of rotatable bonds is 7. The maximum Gasteiger partial charge on any atom is 0.352 e. The van der Waals surface area contributed by atoms with Crippen LogP contribution in [0.2, 0.25) is 0 Å². The molecule has 0 unspecified atom stereocenters. The van der Waals surface area contributed by atoms with Gasteiger partial charge in [0.1, 0.15) is 0 Å². The molecule has 0 radical (unpaired) electrons. The number of nitrogens with zero attached hydrogens (tertiary/aromatic N) is 4. The van der Waals surface area contributed by atoms with Crippen molar-refractivity contribution < 1.29 is 39.1 Å². The largest absolute Gasteiger partial charge is 0.477 e. The molecule has 1 N–H and O–H groups in total. The highest BCUT2D eigenvalue weighted by atomic mass is 16.6. The summed E-state index contributed by atoms with van der Waals surface area (Å²) in [6, 6.07) is 4.35. The monoisotopic (exact) mass is 480 g/mol. The average molecular weight is 480 g/mol. The minimum atomic E-state index is -1.69. The van der Waals surface area contributed by atoms with Crippen LogP contribution in [0.5, 0.6) is 0 Å². The summed E-state index contributed by atoms with van der Waals surface area (Å²) in [7, 11) is 0. The second-order valence-corrected chi connectivity index (χ2v) is 6.30. The van der Waals surface area contributed by atoms with Crippen molar-refractivity contribution in [1.29, 1.82) is 0 Å². The first-order valence-electron chi connectivity index (χ1n) is 9.01. The normalized spacial score (nSPS) is 9.85. The predicted octanol–water partition coefficient (Wildman–Crippen LogP) is 3.50. The summed E-state index contributed by atoms with van der Waals surface area (Å²) < 4.78 is 4.62. The Hall–Kier alpha value is -5.02. The quantitative estimate of drug-likeness (QED) is 0.340. The van der Waals surface area contributed by atoms with E-state index in [9.17, 15) is 50.0 Å². The maximum atomic E-state index is 11.6. The lowest BCUT2D eigenvalue weighted by Crippen LogP contribution is -2.12. The first-order chi connectivity index (χ1) is 15.8. The fraction of sp³-hybridized carbons (Fsp3) is 0.222. The highest BCUT2D eigenvalue weighted by Gasteiger charge is 2.34. The van der Waals surface area contributed by atoms with Crippen LogP contribution < -0.4 is 0 Å². The maximum absolute atomic E-state index is 11.6. The Morgan fingerprint density at radius 2 is 1.15 bits per heavy atom. The number of benzene rings is 2. The SMILES string of the molecule is CCOC(=O)c1c([N+](=O)[O-])ccc(C)c1[N+](=O)[O-].Cc1ccc([N+](=O)[O-])c(C(=O)O)c1[N+](=O)[O-]. The number of nitro groups is 4. The molecule has 2 aromatic carbocycles. The minimum absolute atomic E-state index is 0.0267. The van der Waals surface area contributed by atoms with E-state index in [2.05, 4.69) is 4.74 Å². The van der Waals surface area contributed by atoms with Gasteiger partial charge in [-0.3, -0.25) is 40.5 Å². The zero-order valence-electron chi connectivity index (χ0n) is 17.7. The van der Waals surface area contributed by atoms with Crippen molar-refractivity contribution >= 4 is 34.7 Å². The van der Waals surface area contributed by atoms with Crippen molar-refractivity contribution in [3.63, 3.8) is 0 Å². The fourth-order valence-corrected chi connectivity index (χ4v) is 2.76. The number of hydrogen-bond acceptors (Lipinski definition) is 11. The van der Waals surface area contributed by atoms with Gasteiger partial charge in [-0.1, -0.05) is 0 Å². The van der Waals surface area contributed by atoms with Crippen LogP contribution in [0.25, 0.3) is 0 Å². The number of aryl methyl sites for hydroxylation is 2. The van der Waals surface area contributed by atoms with Gasteiger partial charge >= 0.3 is 11.9 Å². The molecule has 0 heterocycles. The van der Waals surface area contributed by atoms with Gasteiger partial charge in [0.2, 0.25) is 11.1 Å². The molecular formula is C18H16N4O12. The second kappa shape index (κ2) is 11.0. The van der Waals surface area contributed by atoms with Gasteiger partial charge in [-0.15, -0.1) is 0 Å². The standard InChI is InChI=1S/C10H10N2O6.C8H6N2O6/c1-3-18-10(13)8-7(11(14)15)5-4-6(2)9(8)12(16)17;1-4-2-3-5(9(13)14)6(8(11)12)7(4)10(15)16/h4-5H,3H2,1-2H3;2-3H,1H3,(H,11,12). The van der Waals surface area contributed by atoms with Gasteiger partial charge in [0, 0.05) is 23.3 Å². The third-order valence-electron chi connectivity index (χ3n) is 4.17. The van der Waals surface area contributed by atoms with E-state index < -0.39 is 65.5 Å². The van der Waals surface area contributed by atoms with E-state index in [0.717, 1.165) is 18.2 Å². The number of carboxylic acid groups (broad SMARTS) is 1. The Kier molecular flexibility index (Phi) is 8.76. The minimum Gasteiger partial charge on any atom is -0.477 e. The lowest BCUT2D eigenvalue weighted by atomic mass is 10.1. The van der Waals surface area contributed by atoms with E-state index in [4.69, 9.17) is 5.11 Å². The highest BCUT2D eigenvalue weighted by molar-refractivity contribution is 5.99. The number of nitro benzene ring substituents is 4. The van der Waals surface area contributed by atoms with E-state index >= 15 is 0 Å². The Balaban J connectivity index is 0.000000342. The molecule has 2 aromatic rings. The van der Waals surface area contributed by atoms with Crippen molar-refractivity contribution in [1.82, 2.24) is 0 Å². The molecule has 0 aliphatic heterocycles. The highest BCUT2D eigenvalue weighted by Crippen LogP contribution is 2.32. The van der Waals surface area contributed by atoms with Crippen LogP contribution in [0.15, 0.2) is 24.3 Å². The molecule has 0 spiro atoms. The van der Waals surface area contributed by atoms with Crippen molar-refractivity contribution in [2.75, 3.05) is 6.61 Å². The molecule has 0 saturated heterocycles. The van der Waals surface area contributed by atoms with Crippen LogP contribution in [-0.2, 0) is 4.74 Å². The summed E-state index contributed by atoms with van der Waals surface area (Å²) in [4.78, 5) is 61.7. The Bertz CT molecular complexity index is 1210. The molecule has 16 nitrogen and oxygen atoms in total. The van der Waals surface area contributed by atoms with Crippen LogP contribution in [-0.4, -0.2) is 43.3 Å². The van der Waals surface area contributed by atoms with Crippen LogP contribution in [0.4, 0.5) is 22.7 Å². The van der Waals surface area contributed by atoms with Crippen molar-refractivity contribution in [3.8, 4) is 0 Å². The lowest BCUT2D eigenvalue weighted by Gasteiger charge is -2.05. The Labute approximate surface area is 189 Å². The molecular weight excluding hydrogens is 464 g/mol. The molecule has 16 heteroatoms. The zero-order chi connectivity index (χ0) is 26.3. The fourth-order valence-electron chi connectivity index (χ4n) is 2.76. The zero-order valence-corrected chi connectivity index (χ0v) is 17.7. The third kappa shape index (κ3) is 5.81. The topological polar surface area (TPSA) is 236 Å². The van der Waals surface area contributed by atoms with Crippen molar-refractivity contribution in [2.24, 2.45) is 0 Å². The van der Waals surface area contributed by atoms with Crippen LogP contribution >= 0.6 is 0 Å². The van der Waals surface area contributed by atoms with Crippen LogP contribution in [0, 0.1) is 54.3 Å². The summed E-state index contributed by atoms with van der Waals surface area (Å²) in [5, 5.41) is 51.6. The Morgan fingerprint density at radius 1 is 0.765 bits per heavy atom. The number of ether oxygens (including phenoxy) is 1. The average Bonchev–Trinajstić information content (AvgIpc) is 2.72. The molecule has 0 fully saturated rings. The van der Waals surface area contributed by atoms with Crippen LogP contribution in [0.1, 0.15) is 38.8 Å². The summed E-state index contributed by atoms with van der Waals surface area (Å²) in [5.74, 6) is -2.76. The number of aromatic carboxylic acids is 1. The van der Waals surface area contributed by atoms with E-state index in [-0.39, 0.29) is 17.7 Å². The van der Waals surface area contributed by atoms with E-state index in [1.54, 1.807) is 0 Å². The molecule has 0 aromatic heterocycles. The van der Waals surface area contributed by atoms with E-state index in [1.807, 2.05) is 0 Å². The van der Waals surface area contributed by atoms with Gasteiger partial charge in [-0.2, -0.15) is 0 Å². The molecule has 0 amide bonds. The third-order valence-corrected chi connectivity index (χ3v) is 4.17. The van der Waals surface area contributed by atoms with Gasteiger partial charge in [0.25, 0.3) is 22.7 Å². The summed E-state index contributed by atoms with van der Waals surface area (Å²) >= 11 is 0. The summed E-state index contributed by atoms with van der Waals surface area (Å²) in [5.41, 5.74) is -4.05. The number of carbonyl (C=O) groups excluding carboxylic acids is 1. The molecule has 0 saturated carbocycles. The summed E-state index contributed by atoms with van der Waals surface area (Å²) in [6.07, 6.45) is 0. The van der Waals surface area contributed by atoms with Gasteiger partial charge in [-0.05, 0) is 32.9 Å². The molecule has 0 atom stereocenters. The van der Waals surface area contributed by atoms with E-state index in [1.165, 1.54) is 26.8 Å². The van der Waals surface area contributed by atoms with E-state index in [0.29, 0.717) is 0 Å². The first-order valence-corrected chi connectivity index (χ1v) is 9.01. The predicted molar refractivity (Wildman–Crippen MR) is 112 cm³/mol. The molecule has 0 aliphatic carbocycles.